The van der Waals surface area contributed by atoms with Crippen LogP contribution in [0.5, 0.6) is 0 Å². The molecule has 1 fully saturated rings. The molecule has 6 nitrogen and oxygen atoms in total. The first-order valence-corrected chi connectivity index (χ1v) is 5.43. The minimum atomic E-state index is -0.559. The Labute approximate surface area is 102 Å². The summed E-state index contributed by atoms with van der Waals surface area (Å²) in [6, 6.07) is 4.52. The topological polar surface area (TPSA) is 75.8 Å². The average molecular weight is 259 g/mol. The van der Waals surface area contributed by atoms with E-state index in [1.165, 1.54) is 17.2 Å². The molecule has 0 saturated carbocycles. The zero-order chi connectivity index (χ0) is 12.4. The maximum atomic E-state index is 10.9. The van der Waals surface area contributed by atoms with Gasteiger partial charge in [0.1, 0.15) is 0 Å². The second-order valence-electron chi connectivity index (χ2n) is 3.77. The molecule has 1 aromatic rings. The number of hydrogen-bond acceptors (Lipinski definition) is 5. The van der Waals surface area contributed by atoms with E-state index in [0.717, 1.165) is 0 Å². The van der Waals surface area contributed by atoms with Gasteiger partial charge in [-0.3, -0.25) is 15.0 Å². The van der Waals surface area contributed by atoms with Gasteiger partial charge in [-0.25, -0.2) is 0 Å². The van der Waals surface area contributed by atoms with Crippen molar-refractivity contribution < 1.29 is 14.9 Å². The van der Waals surface area contributed by atoms with E-state index in [9.17, 15) is 15.2 Å². The molecule has 1 atom stereocenters. The molecule has 1 N–H and O–H groups in total. The fourth-order valence-corrected chi connectivity index (χ4v) is 1.92. The summed E-state index contributed by atoms with van der Waals surface area (Å²) in [7, 11) is 0. The van der Waals surface area contributed by atoms with Crippen LogP contribution in [0.25, 0.3) is 0 Å². The number of hydroxylamine groups is 2. The minimum Gasteiger partial charge on any atom is -0.389 e. The van der Waals surface area contributed by atoms with E-state index in [4.69, 9.17) is 16.4 Å². The molecule has 17 heavy (non-hydrogen) atoms. The predicted molar refractivity (Wildman–Crippen MR) is 60.5 cm³/mol. The van der Waals surface area contributed by atoms with Gasteiger partial charge in [0.25, 0.3) is 5.69 Å². The molecule has 1 heterocycles. The van der Waals surface area contributed by atoms with E-state index in [2.05, 4.69) is 0 Å². The van der Waals surface area contributed by atoms with Crippen LogP contribution in [-0.4, -0.2) is 34.3 Å². The van der Waals surface area contributed by atoms with Crippen molar-refractivity contribution in [1.29, 1.82) is 0 Å². The van der Waals surface area contributed by atoms with Gasteiger partial charge in [0.15, 0.2) is 0 Å². The molecule has 0 amide bonds. The summed E-state index contributed by atoms with van der Waals surface area (Å²) in [5.41, 5.74) is 0.357. The Kier molecular flexibility index (Phi) is 3.58. The van der Waals surface area contributed by atoms with Crippen molar-refractivity contribution in [1.82, 2.24) is 5.06 Å². The van der Waals surface area contributed by atoms with Crippen molar-refractivity contribution in [2.24, 2.45) is 0 Å². The van der Waals surface area contributed by atoms with E-state index < -0.39 is 11.0 Å². The monoisotopic (exact) mass is 258 g/mol. The van der Waals surface area contributed by atoms with Crippen LogP contribution < -0.4 is 0 Å². The Morgan fingerprint density at radius 2 is 2.41 bits per heavy atom. The van der Waals surface area contributed by atoms with Crippen LogP contribution >= 0.6 is 11.6 Å². The molecule has 1 saturated heterocycles. The number of rotatable bonds is 3. The highest BCUT2D eigenvalue weighted by molar-refractivity contribution is 6.31. The highest BCUT2D eigenvalue weighted by atomic mass is 35.5. The predicted octanol–water partition coefficient (Wildman–Crippen LogP) is 1.36. The summed E-state index contributed by atoms with van der Waals surface area (Å²) >= 11 is 5.94. The summed E-state index contributed by atoms with van der Waals surface area (Å²) in [5, 5.41) is 21.9. The lowest BCUT2D eigenvalue weighted by atomic mass is 10.1. The lowest BCUT2D eigenvalue weighted by Gasteiger charge is -2.14. The molecule has 0 radical (unpaired) electrons. The number of benzene rings is 1. The van der Waals surface area contributed by atoms with Crippen molar-refractivity contribution >= 4 is 17.3 Å². The fourth-order valence-electron chi connectivity index (χ4n) is 1.69. The Morgan fingerprint density at radius 1 is 1.65 bits per heavy atom. The Bertz CT molecular complexity index is 440. The molecule has 7 heteroatoms. The molecular weight excluding hydrogens is 248 g/mol. The van der Waals surface area contributed by atoms with Gasteiger partial charge in [-0.2, -0.15) is 5.06 Å². The first kappa shape index (κ1) is 12.3. The third kappa shape index (κ3) is 2.73. The summed E-state index contributed by atoms with van der Waals surface area (Å²) < 4.78 is 0. The highest BCUT2D eigenvalue weighted by Gasteiger charge is 2.25. The maximum absolute atomic E-state index is 10.9. The highest BCUT2D eigenvalue weighted by Crippen LogP contribution is 2.28. The molecule has 1 aliphatic heterocycles. The van der Waals surface area contributed by atoms with E-state index in [0.29, 0.717) is 17.1 Å². The van der Waals surface area contributed by atoms with Crippen LogP contribution in [0.1, 0.15) is 5.56 Å². The standard InChI is InChI=1S/C10H11ClN2O4/c11-9-2-1-3-10(13(15)16)8(9)5-12-4-7(14)6-17-12/h1-3,7,14H,4-6H2. The smallest absolute Gasteiger partial charge is 0.275 e. The summed E-state index contributed by atoms with van der Waals surface area (Å²) in [6.45, 7) is 0.716. The van der Waals surface area contributed by atoms with Gasteiger partial charge in [0, 0.05) is 6.07 Å². The fraction of sp³-hybridized carbons (Fsp3) is 0.400. The van der Waals surface area contributed by atoms with Crippen molar-refractivity contribution in [2.75, 3.05) is 13.2 Å². The largest absolute Gasteiger partial charge is 0.389 e. The number of aliphatic hydroxyl groups is 1. The number of aliphatic hydroxyl groups excluding tert-OH is 1. The van der Waals surface area contributed by atoms with Gasteiger partial charge < -0.3 is 5.11 Å². The van der Waals surface area contributed by atoms with Crippen LogP contribution in [0.15, 0.2) is 18.2 Å². The van der Waals surface area contributed by atoms with Crippen molar-refractivity contribution in [3.63, 3.8) is 0 Å². The van der Waals surface area contributed by atoms with Gasteiger partial charge in [-0.05, 0) is 6.07 Å². The van der Waals surface area contributed by atoms with Crippen LogP contribution in [0.2, 0.25) is 5.02 Å². The van der Waals surface area contributed by atoms with E-state index in [1.807, 2.05) is 0 Å². The zero-order valence-corrected chi connectivity index (χ0v) is 9.63. The number of β-amino-alcohol motifs (C(OH)–C–C–N with tert-alkyl or cyclic N) is 1. The van der Waals surface area contributed by atoms with Crippen LogP contribution in [0.4, 0.5) is 5.69 Å². The zero-order valence-electron chi connectivity index (χ0n) is 8.88. The van der Waals surface area contributed by atoms with Gasteiger partial charge in [0.05, 0.1) is 41.3 Å². The van der Waals surface area contributed by atoms with Crippen molar-refractivity contribution in [3.05, 3.63) is 38.9 Å². The molecule has 1 unspecified atom stereocenters. The Hall–Kier alpha value is -1.21. The third-order valence-corrected chi connectivity index (χ3v) is 2.84. The number of nitro benzene ring substituents is 1. The summed E-state index contributed by atoms with van der Waals surface area (Å²) in [5.74, 6) is 0. The second-order valence-corrected chi connectivity index (χ2v) is 4.17. The number of halogens is 1. The number of nitrogens with zero attached hydrogens (tertiary/aromatic N) is 2. The number of nitro groups is 1. The summed E-state index contributed by atoms with van der Waals surface area (Å²) in [6.07, 6.45) is -0.559. The number of hydrogen-bond donors (Lipinski definition) is 1. The Balaban J connectivity index is 2.22. The molecule has 0 aromatic heterocycles. The van der Waals surface area contributed by atoms with Gasteiger partial charge in [-0.1, -0.05) is 17.7 Å². The quantitative estimate of drug-likeness (QED) is 0.654. The van der Waals surface area contributed by atoms with Gasteiger partial charge >= 0.3 is 0 Å². The van der Waals surface area contributed by atoms with Gasteiger partial charge in [0.2, 0.25) is 0 Å². The van der Waals surface area contributed by atoms with Crippen LogP contribution in [0, 0.1) is 10.1 Å². The lowest BCUT2D eigenvalue weighted by Crippen LogP contribution is -2.21. The first-order chi connectivity index (χ1) is 8.08. The summed E-state index contributed by atoms with van der Waals surface area (Å²) in [4.78, 5) is 15.5. The molecule has 1 aromatic carbocycles. The molecule has 0 aliphatic carbocycles. The molecule has 92 valence electrons. The molecule has 2 rings (SSSR count). The van der Waals surface area contributed by atoms with E-state index >= 15 is 0 Å². The molecule has 0 spiro atoms. The van der Waals surface area contributed by atoms with Gasteiger partial charge in [-0.15, -0.1) is 0 Å². The van der Waals surface area contributed by atoms with E-state index in [1.54, 1.807) is 6.07 Å². The Morgan fingerprint density at radius 3 is 3.00 bits per heavy atom. The molecule has 1 aliphatic rings. The first-order valence-electron chi connectivity index (χ1n) is 5.05. The third-order valence-electron chi connectivity index (χ3n) is 2.49. The average Bonchev–Trinajstić information content (AvgIpc) is 2.67. The van der Waals surface area contributed by atoms with Crippen LogP contribution in [-0.2, 0) is 11.4 Å². The van der Waals surface area contributed by atoms with Crippen molar-refractivity contribution in [3.8, 4) is 0 Å². The minimum absolute atomic E-state index is 0.0394. The maximum Gasteiger partial charge on any atom is 0.275 e. The molecular formula is C10H11ClN2O4. The normalized spacial score (nSPS) is 20.7. The lowest BCUT2D eigenvalue weighted by molar-refractivity contribution is -0.386. The van der Waals surface area contributed by atoms with Crippen LogP contribution in [0.3, 0.4) is 0 Å². The van der Waals surface area contributed by atoms with E-state index in [-0.39, 0.29) is 18.8 Å². The molecule has 0 bridgehead atoms. The van der Waals surface area contributed by atoms with Crippen molar-refractivity contribution in [2.45, 2.75) is 12.6 Å². The SMILES string of the molecule is O=[N+]([O-])c1cccc(Cl)c1CN1CC(O)CO1. The second kappa shape index (κ2) is 4.97.